The lowest BCUT2D eigenvalue weighted by Gasteiger charge is -2.37. The number of hydrogen-bond acceptors (Lipinski definition) is 6. The summed E-state index contributed by atoms with van der Waals surface area (Å²) in [6.07, 6.45) is 1.61. The summed E-state index contributed by atoms with van der Waals surface area (Å²) in [5, 5.41) is 19.6. The van der Waals surface area contributed by atoms with E-state index in [1.807, 2.05) is 52.0 Å². The predicted octanol–water partition coefficient (Wildman–Crippen LogP) is 5.38. The van der Waals surface area contributed by atoms with Crippen LogP contribution < -0.4 is 8.92 Å². The highest BCUT2D eigenvalue weighted by Gasteiger charge is 2.36. The SMILES string of the molecule is CCC(CC)(c1ccc(OCC(C)(O)C(C)(C)C)c(C)c1)c1ccc(OS(=O)(=O)CC(=O)O)c(C)c1. The Morgan fingerprint density at radius 1 is 0.889 bits per heavy atom. The molecule has 0 saturated heterocycles. The zero-order chi connectivity index (χ0) is 27.5. The molecule has 0 spiro atoms. The van der Waals surface area contributed by atoms with E-state index in [2.05, 4.69) is 19.9 Å². The molecule has 36 heavy (non-hydrogen) atoms. The first-order valence-electron chi connectivity index (χ1n) is 12.2. The Balaban J connectivity index is 2.39. The normalized spacial score (nSPS) is 14.2. The lowest BCUT2D eigenvalue weighted by molar-refractivity contribution is -0.134. The number of rotatable bonds is 11. The van der Waals surface area contributed by atoms with Crippen molar-refractivity contribution in [2.24, 2.45) is 5.41 Å². The summed E-state index contributed by atoms with van der Waals surface area (Å²) in [4.78, 5) is 10.8. The fraction of sp³-hybridized carbons (Fsp3) is 0.536. The number of aryl methyl sites for hydroxylation is 2. The molecule has 2 aromatic carbocycles. The molecule has 1 atom stereocenters. The minimum Gasteiger partial charge on any atom is -0.490 e. The first-order chi connectivity index (χ1) is 16.5. The van der Waals surface area contributed by atoms with Crippen LogP contribution >= 0.6 is 0 Å². The highest BCUT2D eigenvalue weighted by molar-refractivity contribution is 7.87. The molecule has 7 nitrogen and oxygen atoms in total. The van der Waals surface area contributed by atoms with Gasteiger partial charge in [-0.1, -0.05) is 58.9 Å². The van der Waals surface area contributed by atoms with Crippen molar-refractivity contribution in [3.05, 3.63) is 58.7 Å². The predicted molar refractivity (Wildman–Crippen MR) is 141 cm³/mol. The van der Waals surface area contributed by atoms with Crippen LogP contribution in [0.1, 0.15) is 76.6 Å². The van der Waals surface area contributed by atoms with E-state index in [9.17, 15) is 18.3 Å². The van der Waals surface area contributed by atoms with Gasteiger partial charge in [-0.3, -0.25) is 4.79 Å². The van der Waals surface area contributed by atoms with E-state index >= 15 is 0 Å². The third kappa shape index (κ3) is 6.59. The van der Waals surface area contributed by atoms with Crippen LogP contribution in [0.2, 0.25) is 0 Å². The molecular weight excluding hydrogens is 480 g/mol. The molecule has 0 amide bonds. The fourth-order valence-electron chi connectivity index (χ4n) is 4.14. The number of carboxylic acids is 1. The van der Waals surface area contributed by atoms with Gasteiger partial charge in [-0.15, -0.1) is 0 Å². The maximum Gasteiger partial charge on any atom is 0.322 e. The molecule has 0 aliphatic rings. The van der Waals surface area contributed by atoms with E-state index in [1.54, 1.807) is 19.9 Å². The van der Waals surface area contributed by atoms with Crippen LogP contribution in [0.4, 0.5) is 0 Å². The molecule has 200 valence electrons. The minimum absolute atomic E-state index is 0.118. The summed E-state index contributed by atoms with van der Waals surface area (Å²) < 4.78 is 35.0. The molecule has 0 fully saturated rings. The largest absolute Gasteiger partial charge is 0.490 e. The van der Waals surface area contributed by atoms with Crippen LogP contribution in [0.15, 0.2) is 36.4 Å². The van der Waals surface area contributed by atoms with Gasteiger partial charge in [-0.2, -0.15) is 8.42 Å². The van der Waals surface area contributed by atoms with Crippen LogP contribution in [0.5, 0.6) is 11.5 Å². The second-order valence-corrected chi connectivity index (χ2v) is 12.3. The van der Waals surface area contributed by atoms with Gasteiger partial charge in [0.1, 0.15) is 23.7 Å². The average Bonchev–Trinajstić information content (AvgIpc) is 2.74. The van der Waals surface area contributed by atoms with Gasteiger partial charge in [0.2, 0.25) is 0 Å². The number of hydrogen-bond donors (Lipinski definition) is 2. The van der Waals surface area contributed by atoms with Crippen molar-refractivity contribution in [1.82, 2.24) is 0 Å². The van der Waals surface area contributed by atoms with Crippen LogP contribution in [-0.2, 0) is 20.3 Å². The second-order valence-electron chi connectivity index (χ2n) is 10.7. The summed E-state index contributed by atoms with van der Waals surface area (Å²) in [5.74, 6) is -1.73. The van der Waals surface area contributed by atoms with Gasteiger partial charge in [-0.25, -0.2) is 0 Å². The van der Waals surface area contributed by atoms with Crippen molar-refractivity contribution in [3.8, 4) is 11.5 Å². The van der Waals surface area contributed by atoms with Gasteiger partial charge in [0.05, 0.1) is 0 Å². The number of aliphatic carboxylic acids is 1. The highest BCUT2D eigenvalue weighted by atomic mass is 32.2. The molecular formula is C28H40O7S. The molecule has 8 heteroatoms. The number of ether oxygens (including phenoxy) is 1. The second kappa shape index (κ2) is 10.8. The van der Waals surface area contributed by atoms with Gasteiger partial charge in [0.15, 0.2) is 5.75 Å². The van der Waals surface area contributed by atoms with Gasteiger partial charge in [-0.05, 0) is 73.4 Å². The Bertz CT molecular complexity index is 1190. The molecule has 0 aliphatic carbocycles. The molecule has 2 N–H and O–H groups in total. The Labute approximate surface area is 215 Å². The van der Waals surface area contributed by atoms with E-state index in [0.29, 0.717) is 11.3 Å². The van der Waals surface area contributed by atoms with Crippen LogP contribution in [-0.4, -0.2) is 42.6 Å². The topological polar surface area (TPSA) is 110 Å². The zero-order valence-electron chi connectivity index (χ0n) is 22.6. The van der Waals surface area contributed by atoms with E-state index in [-0.39, 0.29) is 23.2 Å². The van der Waals surface area contributed by atoms with Crippen molar-refractivity contribution < 1.29 is 32.3 Å². The molecule has 2 aromatic rings. The number of benzene rings is 2. The van der Waals surface area contributed by atoms with Gasteiger partial charge in [0.25, 0.3) is 0 Å². The first kappa shape index (κ1) is 29.6. The molecule has 0 heterocycles. The van der Waals surface area contributed by atoms with Crippen LogP contribution in [0.25, 0.3) is 0 Å². The Kier molecular flexibility index (Phi) is 8.90. The van der Waals surface area contributed by atoms with Crippen LogP contribution in [0.3, 0.4) is 0 Å². The number of carbonyl (C=O) groups is 1. The number of aliphatic hydroxyl groups is 1. The average molecular weight is 521 g/mol. The third-order valence-corrected chi connectivity index (χ3v) is 8.34. The van der Waals surface area contributed by atoms with E-state index in [4.69, 9.17) is 14.0 Å². The lowest BCUT2D eigenvalue weighted by atomic mass is 9.70. The van der Waals surface area contributed by atoms with E-state index in [1.165, 1.54) is 0 Å². The Morgan fingerprint density at radius 2 is 1.36 bits per heavy atom. The molecule has 0 radical (unpaired) electrons. The molecule has 0 aromatic heterocycles. The van der Waals surface area contributed by atoms with Gasteiger partial charge < -0.3 is 19.1 Å². The lowest BCUT2D eigenvalue weighted by Crippen LogP contribution is -2.45. The molecule has 0 saturated carbocycles. The van der Waals surface area contributed by atoms with Crippen molar-refractivity contribution in [1.29, 1.82) is 0 Å². The summed E-state index contributed by atoms with van der Waals surface area (Å²) in [6.45, 7) is 15.8. The van der Waals surface area contributed by atoms with Crippen molar-refractivity contribution in [3.63, 3.8) is 0 Å². The third-order valence-electron chi connectivity index (χ3n) is 7.30. The monoisotopic (exact) mass is 520 g/mol. The molecule has 0 bridgehead atoms. The minimum atomic E-state index is -4.24. The summed E-state index contributed by atoms with van der Waals surface area (Å²) >= 11 is 0. The zero-order valence-corrected chi connectivity index (χ0v) is 23.5. The maximum absolute atomic E-state index is 12.0. The van der Waals surface area contributed by atoms with Gasteiger partial charge >= 0.3 is 16.1 Å². The fourth-order valence-corrected chi connectivity index (χ4v) is 4.96. The van der Waals surface area contributed by atoms with Gasteiger partial charge in [0, 0.05) is 5.41 Å². The highest BCUT2D eigenvalue weighted by Crippen LogP contribution is 2.42. The first-order valence-corrected chi connectivity index (χ1v) is 13.8. The van der Waals surface area contributed by atoms with E-state index < -0.39 is 27.4 Å². The summed E-state index contributed by atoms with van der Waals surface area (Å²) in [5.41, 5.74) is 2.02. The smallest absolute Gasteiger partial charge is 0.322 e. The quantitative estimate of drug-likeness (QED) is 0.383. The van der Waals surface area contributed by atoms with Crippen molar-refractivity contribution in [2.75, 3.05) is 12.4 Å². The van der Waals surface area contributed by atoms with Crippen LogP contribution in [0, 0.1) is 19.3 Å². The Hall–Kier alpha value is -2.58. The molecule has 2 rings (SSSR count). The molecule has 0 aliphatic heterocycles. The van der Waals surface area contributed by atoms with Crippen molar-refractivity contribution >= 4 is 16.1 Å². The van der Waals surface area contributed by atoms with Crippen molar-refractivity contribution in [2.45, 2.75) is 79.2 Å². The summed E-state index contributed by atoms with van der Waals surface area (Å²) in [6, 6.07) is 11.4. The summed E-state index contributed by atoms with van der Waals surface area (Å²) in [7, 11) is -4.24. The standard InChI is InChI=1S/C28H40O7S/c1-9-28(10-2,22-12-14-24(20(4)16-22)35-36(32,33)17-25(29)30)21-11-13-23(19(3)15-21)34-18-27(8,31)26(5,6)7/h11-16,31H,9-10,17-18H2,1-8H3,(H,29,30). The maximum atomic E-state index is 12.0. The number of carboxylic acid groups (broad SMARTS) is 1. The van der Waals surface area contributed by atoms with E-state index in [0.717, 1.165) is 29.5 Å². The Morgan fingerprint density at radius 3 is 1.75 bits per heavy atom. The molecule has 1 unspecified atom stereocenters.